The molecule has 0 bridgehead atoms. The minimum Gasteiger partial charge on any atom is -0.397 e. The summed E-state index contributed by atoms with van der Waals surface area (Å²) in [5.74, 6) is 1.03. The van der Waals surface area contributed by atoms with E-state index in [1.807, 2.05) is 12.1 Å². The van der Waals surface area contributed by atoms with Gasteiger partial charge in [0, 0.05) is 45.8 Å². The molecule has 1 aromatic rings. The van der Waals surface area contributed by atoms with Gasteiger partial charge in [-0.1, -0.05) is 0 Å². The number of morpholine rings is 1. The summed E-state index contributed by atoms with van der Waals surface area (Å²) in [4.78, 5) is 11.6. The van der Waals surface area contributed by atoms with E-state index in [9.17, 15) is 0 Å². The number of hydrogen-bond donors (Lipinski definition) is 1. The standard InChI is InChI=1S/C15H25N5O/c1-18-8-9-21-14(11-18)12-19-4-6-20(7-5-19)15-3-2-13(16)10-17-15/h2-3,10,14H,4-9,11-12,16H2,1H3. The minimum absolute atomic E-state index is 0.352. The van der Waals surface area contributed by atoms with Crippen molar-refractivity contribution >= 4 is 11.5 Å². The average Bonchev–Trinajstić information content (AvgIpc) is 2.49. The second-order valence-electron chi connectivity index (χ2n) is 5.99. The average molecular weight is 291 g/mol. The highest BCUT2D eigenvalue weighted by Crippen LogP contribution is 2.15. The van der Waals surface area contributed by atoms with E-state index >= 15 is 0 Å². The maximum atomic E-state index is 5.85. The number of hydrogen-bond acceptors (Lipinski definition) is 6. The number of piperazine rings is 1. The largest absolute Gasteiger partial charge is 0.397 e. The van der Waals surface area contributed by atoms with Gasteiger partial charge in [0.1, 0.15) is 5.82 Å². The first-order chi connectivity index (χ1) is 10.2. The lowest BCUT2D eigenvalue weighted by Gasteiger charge is -2.38. The van der Waals surface area contributed by atoms with Gasteiger partial charge in [0.15, 0.2) is 0 Å². The summed E-state index contributed by atoms with van der Waals surface area (Å²) < 4.78 is 5.85. The van der Waals surface area contributed by atoms with Crippen molar-refractivity contribution in [2.45, 2.75) is 6.10 Å². The third-order valence-electron chi connectivity index (χ3n) is 4.27. The summed E-state index contributed by atoms with van der Waals surface area (Å²) in [6.45, 7) is 8.14. The molecule has 6 nitrogen and oxygen atoms in total. The molecule has 0 aliphatic carbocycles. The van der Waals surface area contributed by atoms with Gasteiger partial charge < -0.3 is 20.3 Å². The zero-order valence-electron chi connectivity index (χ0n) is 12.7. The van der Waals surface area contributed by atoms with Gasteiger partial charge in [-0.2, -0.15) is 0 Å². The number of nitrogens with zero attached hydrogens (tertiary/aromatic N) is 4. The third kappa shape index (κ3) is 3.84. The molecular formula is C15H25N5O. The molecule has 0 radical (unpaired) electrons. The Bertz CT molecular complexity index is 444. The number of likely N-dealkylation sites (N-methyl/N-ethyl adjacent to an activating group) is 1. The molecule has 0 aromatic carbocycles. The van der Waals surface area contributed by atoms with Gasteiger partial charge in [0.2, 0.25) is 0 Å². The fraction of sp³-hybridized carbons (Fsp3) is 0.667. The Kier molecular flexibility index (Phi) is 4.57. The molecule has 6 heteroatoms. The zero-order valence-corrected chi connectivity index (χ0v) is 12.7. The van der Waals surface area contributed by atoms with Gasteiger partial charge in [-0.3, -0.25) is 4.90 Å². The van der Waals surface area contributed by atoms with Crippen molar-refractivity contribution in [1.82, 2.24) is 14.8 Å². The second-order valence-corrected chi connectivity index (χ2v) is 5.99. The Labute approximate surface area is 126 Å². The topological polar surface area (TPSA) is 57.9 Å². The molecule has 1 atom stereocenters. The lowest BCUT2D eigenvalue weighted by atomic mass is 10.2. The molecule has 1 unspecified atom stereocenters. The van der Waals surface area contributed by atoms with Crippen LogP contribution in [0.4, 0.5) is 11.5 Å². The lowest BCUT2D eigenvalue weighted by molar-refractivity contribution is -0.0361. The van der Waals surface area contributed by atoms with Crippen LogP contribution in [-0.2, 0) is 4.74 Å². The van der Waals surface area contributed by atoms with E-state index in [4.69, 9.17) is 10.5 Å². The van der Waals surface area contributed by atoms with Gasteiger partial charge in [-0.25, -0.2) is 4.98 Å². The number of anilines is 2. The first kappa shape index (κ1) is 14.6. The normalized spacial score (nSPS) is 25.2. The fourth-order valence-electron chi connectivity index (χ4n) is 3.01. The van der Waals surface area contributed by atoms with Crippen LogP contribution in [0, 0.1) is 0 Å². The van der Waals surface area contributed by atoms with Crippen molar-refractivity contribution in [3.8, 4) is 0 Å². The van der Waals surface area contributed by atoms with E-state index in [0.29, 0.717) is 6.10 Å². The maximum Gasteiger partial charge on any atom is 0.128 e. The third-order valence-corrected chi connectivity index (χ3v) is 4.27. The molecule has 2 aliphatic heterocycles. The van der Waals surface area contributed by atoms with Crippen LogP contribution < -0.4 is 10.6 Å². The highest BCUT2D eigenvalue weighted by molar-refractivity contribution is 5.46. The van der Waals surface area contributed by atoms with E-state index in [0.717, 1.165) is 63.9 Å². The van der Waals surface area contributed by atoms with Gasteiger partial charge >= 0.3 is 0 Å². The first-order valence-corrected chi connectivity index (χ1v) is 7.70. The maximum absolute atomic E-state index is 5.85. The summed E-state index contributed by atoms with van der Waals surface area (Å²) in [7, 11) is 2.17. The van der Waals surface area contributed by atoms with Gasteiger partial charge in [-0.05, 0) is 19.2 Å². The van der Waals surface area contributed by atoms with Gasteiger partial charge in [0.05, 0.1) is 24.6 Å². The highest BCUT2D eigenvalue weighted by Gasteiger charge is 2.23. The van der Waals surface area contributed by atoms with E-state index in [1.165, 1.54) is 0 Å². The van der Waals surface area contributed by atoms with E-state index in [-0.39, 0.29) is 0 Å². The summed E-state index contributed by atoms with van der Waals surface area (Å²) in [5, 5.41) is 0. The van der Waals surface area contributed by atoms with Gasteiger partial charge in [-0.15, -0.1) is 0 Å². The van der Waals surface area contributed by atoms with Crippen LogP contribution in [0.3, 0.4) is 0 Å². The fourth-order valence-corrected chi connectivity index (χ4v) is 3.01. The molecule has 2 saturated heterocycles. The summed E-state index contributed by atoms with van der Waals surface area (Å²) in [5.41, 5.74) is 6.40. The van der Waals surface area contributed by atoms with E-state index < -0.39 is 0 Å². The molecule has 3 heterocycles. The number of ether oxygens (including phenoxy) is 1. The van der Waals surface area contributed by atoms with E-state index in [1.54, 1.807) is 6.20 Å². The predicted molar refractivity (Wildman–Crippen MR) is 84.5 cm³/mol. The molecule has 0 amide bonds. The van der Waals surface area contributed by atoms with Crippen LogP contribution in [0.5, 0.6) is 0 Å². The van der Waals surface area contributed by atoms with Crippen LogP contribution in [0.25, 0.3) is 0 Å². The molecule has 2 fully saturated rings. The molecule has 2 aliphatic rings. The van der Waals surface area contributed by atoms with E-state index in [2.05, 4.69) is 26.7 Å². The molecule has 2 N–H and O–H groups in total. The molecule has 21 heavy (non-hydrogen) atoms. The smallest absolute Gasteiger partial charge is 0.128 e. The Balaban J connectivity index is 1.47. The zero-order chi connectivity index (χ0) is 14.7. The highest BCUT2D eigenvalue weighted by atomic mass is 16.5. The van der Waals surface area contributed by atoms with Crippen molar-refractivity contribution in [3.63, 3.8) is 0 Å². The lowest BCUT2D eigenvalue weighted by Crippen LogP contribution is -2.52. The quantitative estimate of drug-likeness (QED) is 0.853. The summed E-state index contributed by atoms with van der Waals surface area (Å²) in [6, 6.07) is 3.92. The van der Waals surface area contributed by atoms with Crippen LogP contribution in [0.1, 0.15) is 0 Å². The van der Waals surface area contributed by atoms with Crippen LogP contribution in [-0.4, -0.2) is 80.4 Å². The van der Waals surface area contributed by atoms with Crippen molar-refractivity contribution in [2.75, 3.05) is 70.1 Å². The minimum atomic E-state index is 0.352. The first-order valence-electron chi connectivity index (χ1n) is 7.70. The Hall–Kier alpha value is -1.37. The summed E-state index contributed by atoms with van der Waals surface area (Å²) in [6.07, 6.45) is 2.08. The molecule has 116 valence electrons. The summed E-state index contributed by atoms with van der Waals surface area (Å²) >= 11 is 0. The van der Waals surface area contributed by atoms with Gasteiger partial charge in [0.25, 0.3) is 0 Å². The predicted octanol–water partition coefficient (Wildman–Crippen LogP) is 0.116. The van der Waals surface area contributed by atoms with Crippen molar-refractivity contribution in [3.05, 3.63) is 18.3 Å². The molecular weight excluding hydrogens is 266 g/mol. The van der Waals surface area contributed by atoms with Crippen LogP contribution in [0.2, 0.25) is 0 Å². The number of rotatable bonds is 3. The monoisotopic (exact) mass is 291 g/mol. The number of aromatic nitrogens is 1. The second kappa shape index (κ2) is 6.60. The number of pyridine rings is 1. The van der Waals surface area contributed by atoms with Crippen molar-refractivity contribution in [1.29, 1.82) is 0 Å². The SMILES string of the molecule is CN1CCOC(CN2CCN(c3ccc(N)cn3)CC2)C1. The Morgan fingerprint density at radius 3 is 2.71 bits per heavy atom. The van der Waals surface area contributed by atoms with Crippen molar-refractivity contribution in [2.24, 2.45) is 0 Å². The Morgan fingerprint density at radius 1 is 1.24 bits per heavy atom. The molecule has 0 spiro atoms. The molecule has 0 saturated carbocycles. The van der Waals surface area contributed by atoms with Crippen LogP contribution in [0.15, 0.2) is 18.3 Å². The molecule has 1 aromatic heterocycles. The Morgan fingerprint density at radius 2 is 2.05 bits per heavy atom. The number of nitrogen functional groups attached to an aromatic ring is 1. The van der Waals surface area contributed by atoms with Crippen LogP contribution >= 0.6 is 0 Å². The number of nitrogens with two attached hydrogens (primary N) is 1. The van der Waals surface area contributed by atoms with Crippen molar-refractivity contribution < 1.29 is 4.74 Å². The molecule has 3 rings (SSSR count).